The predicted octanol–water partition coefficient (Wildman–Crippen LogP) is 2.17. The topological polar surface area (TPSA) is 82.0 Å². The number of nitriles is 1. The van der Waals surface area contributed by atoms with Gasteiger partial charge in [-0.3, -0.25) is 9.59 Å². The molecule has 0 radical (unpaired) electrons. The number of nitrogens with one attached hydrogen (secondary N) is 2. The third-order valence-corrected chi connectivity index (χ3v) is 2.89. The van der Waals surface area contributed by atoms with Crippen LogP contribution in [0.3, 0.4) is 0 Å². The maximum absolute atomic E-state index is 12.1. The lowest BCUT2D eigenvalue weighted by atomic mass is 10.1. The maximum atomic E-state index is 12.1. The zero-order valence-corrected chi connectivity index (χ0v) is 11.4. The molecular weight excluding hydrogens is 266 g/mol. The lowest BCUT2D eigenvalue weighted by Crippen LogP contribution is -2.17. The number of hydrogen-bond donors (Lipinski definition) is 2. The van der Waals surface area contributed by atoms with E-state index >= 15 is 0 Å². The van der Waals surface area contributed by atoms with E-state index in [0.717, 1.165) is 0 Å². The summed E-state index contributed by atoms with van der Waals surface area (Å²) in [6.45, 7) is 0. The summed E-state index contributed by atoms with van der Waals surface area (Å²) in [5, 5.41) is 14.1. The van der Waals surface area contributed by atoms with Gasteiger partial charge in [-0.2, -0.15) is 5.26 Å². The van der Waals surface area contributed by atoms with E-state index in [9.17, 15) is 9.59 Å². The van der Waals surface area contributed by atoms with Crippen LogP contribution in [-0.2, 0) is 0 Å². The summed E-state index contributed by atoms with van der Waals surface area (Å²) in [7, 11) is 1.56. The molecule has 2 rings (SSSR count). The fraction of sp³-hybridized carbons (Fsp3) is 0.0625. The molecule has 5 nitrogen and oxygen atoms in total. The van der Waals surface area contributed by atoms with Gasteiger partial charge in [0.05, 0.1) is 11.6 Å². The van der Waals surface area contributed by atoms with Crippen molar-refractivity contribution in [1.29, 1.82) is 5.26 Å². The van der Waals surface area contributed by atoms with Crippen molar-refractivity contribution in [3.05, 3.63) is 65.2 Å². The quantitative estimate of drug-likeness (QED) is 0.903. The number of hydrogen-bond acceptors (Lipinski definition) is 3. The van der Waals surface area contributed by atoms with Gasteiger partial charge in [0.25, 0.3) is 11.8 Å². The van der Waals surface area contributed by atoms with Gasteiger partial charge >= 0.3 is 0 Å². The second kappa shape index (κ2) is 6.35. The van der Waals surface area contributed by atoms with Crippen molar-refractivity contribution in [3.63, 3.8) is 0 Å². The van der Waals surface area contributed by atoms with Gasteiger partial charge in [-0.25, -0.2) is 0 Å². The second-order valence-electron chi connectivity index (χ2n) is 4.30. The van der Waals surface area contributed by atoms with E-state index in [2.05, 4.69) is 10.6 Å². The Morgan fingerprint density at radius 2 is 1.71 bits per heavy atom. The second-order valence-corrected chi connectivity index (χ2v) is 4.30. The Bertz CT molecular complexity index is 715. The van der Waals surface area contributed by atoms with Gasteiger partial charge in [-0.05, 0) is 42.5 Å². The predicted molar refractivity (Wildman–Crippen MR) is 78.9 cm³/mol. The molecule has 0 fully saturated rings. The number of rotatable bonds is 3. The van der Waals surface area contributed by atoms with Crippen molar-refractivity contribution >= 4 is 17.5 Å². The van der Waals surface area contributed by atoms with Crippen molar-refractivity contribution in [2.45, 2.75) is 0 Å². The Balaban J connectivity index is 2.12. The van der Waals surface area contributed by atoms with E-state index in [1.165, 1.54) is 6.07 Å². The van der Waals surface area contributed by atoms with Crippen molar-refractivity contribution in [3.8, 4) is 6.07 Å². The molecular formula is C16H13N3O2. The van der Waals surface area contributed by atoms with E-state index in [-0.39, 0.29) is 11.8 Å². The molecule has 5 heteroatoms. The molecule has 2 amide bonds. The highest BCUT2D eigenvalue weighted by Crippen LogP contribution is 2.12. The summed E-state index contributed by atoms with van der Waals surface area (Å²) in [6, 6.07) is 15.0. The Kier molecular flexibility index (Phi) is 4.32. The average Bonchev–Trinajstić information content (AvgIpc) is 2.54. The third kappa shape index (κ3) is 3.45. The summed E-state index contributed by atoms with van der Waals surface area (Å²) >= 11 is 0. The van der Waals surface area contributed by atoms with Crippen LogP contribution in [0.1, 0.15) is 26.3 Å². The molecule has 2 aromatic rings. The highest BCUT2D eigenvalue weighted by molar-refractivity contribution is 6.04. The lowest BCUT2D eigenvalue weighted by Gasteiger charge is -2.06. The van der Waals surface area contributed by atoms with Gasteiger partial charge in [0.15, 0.2) is 0 Å². The standard InChI is InChI=1S/C16H13N3O2/c1-18-15(20)12-5-7-14(8-6-12)19-16(21)13-4-2-3-11(9-13)10-17/h2-9H,1H3,(H,18,20)(H,19,21). The zero-order valence-electron chi connectivity index (χ0n) is 11.4. The molecule has 2 aromatic carbocycles. The molecule has 0 unspecified atom stereocenters. The van der Waals surface area contributed by atoms with Crippen LogP contribution in [0, 0.1) is 11.3 Å². The van der Waals surface area contributed by atoms with E-state index in [1.807, 2.05) is 6.07 Å². The van der Waals surface area contributed by atoms with E-state index < -0.39 is 0 Å². The highest BCUT2D eigenvalue weighted by Gasteiger charge is 2.08. The highest BCUT2D eigenvalue weighted by atomic mass is 16.2. The van der Waals surface area contributed by atoms with Crippen molar-refractivity contribution in [1.82, 2.24) is 5.32 Å². The van der Waals surface area contributed by atoms with Crippen LogP contribution in [0.15, 0.2) is 48.5 Å². The first-order valence-electron chi connectivity index (χ1n) is 6.27. The largest absolute Gasteiger partial charge is 0.355 e. The summed E-state index contributed by atoms with van der Waals surface area (Å²) < 4.78 is 0. The van der Waals surface area contributed by atoms with Gasteiger partial charge in [0, 0.05) is 23.9 Å². The van der Waals surface area contributed by atoms with Crippen molar-refractivity contribution in [2.75, 3.05) is 12.4 Å². The molecule has 0 heterocycles. The monoisotopic (exact) mass is 279 g/mol. The summed E-state index contributed by atoms with van der Waals surface area (Å²) in [5.74, 6) is -0.491. The third-order valence-electron chi connectivity index (χ3n) is 2.89. The molecule has 0 aliphatic heterocycles. The van der Waals surface area contributed by atoms with Crippen LogP contribution in [0.5, 0.6) is 0 Å². The molecule has 0 aliphatic carbocycles. The lowest BCUT2D eigenvalue weighted by molar-refractivity contribution is 0.0962. The molecule has 21 heavy (non-hydrogen) atoms. The van der Waals surface area contributed by atoms with E-state index in [0.29, 0.717) is 22.4 Å². The minimum Gasteiger partial charge on any atom is -0.355 e. The summed E-state index contributed by atoms with van der Waals surface area (Å²) in [5.41, 5.74) is 1.93. The van der Waals surface area contributed by atoms with Gasteiger partial charge in [-0.1, -0.05) is 6.07 Å². The first kappa shape index (κ1) is 14.3. The van der Waals surface area contributed by atoms with Crippen LogP contribution >= 0.6 is 0 Å². The zero-order chi connectivity index (χ0) is 15.2. The summed E-state index contributed by atoms with van der Waals surface area (Å²) in [6.07, 6.45) is 0. The smallest absolute Gasteiger partial charge is 0.255 e. The van der Waals surface area contributed by atoms with E-state index in [1.54, 1.807) is 49.5 Å². The molecule has 0 saturated carbocycles. The molecule has 104 valence electrons. The Hall–Kier alpha value is -3.13. The Morgan fingerprint density at radius 3 is 2.33 bits per heavy atom. The average molecular weight is 279 g/mol. The van der Waals surface area contributed by atoms with E-state index in [4.69, 9.17) is 5.26 Å². The van der Waals surface area contributed by atoms with Crippen LogP contribution in [-0.4, -0.2) is 18.9 Å². The van der Waals surface area contributed by atoms with Gasteiger partial charge in [0.1, 0.15) is 0 Å². The number of anilines is 1. The number of benzene rings is 2. The maximum Gasteiger partial charge on any atom is 0.255 e. The number of carbonyl (C=O) groups is 2. The Labute approximate surface area is 122 Å². The molecule has 2 N–H and O–H groups in total. The van der Waals surface area contributed by atoms with Crippen molar-refractivity contribution in [2.24, 2.45) is 0 Å². The first-order chi connectivity index (χ1) is 10.1. The van der Waals surface area contributed by atoms with Crippen LogP contribution in [0.4, 0.5) is 5.69 Å². The van der Waals surface area contributed by atoms with Gasteiger partial charge < -0.3 is 10.6 Å². The van der Waals surface area contributed by atoms with Crippen LogP contribution in [0.25, 0.3) is 0 Å². The number of nitrogens with zero attached hydrogens (tertiary/aromatic N) is 1. The van der Waals surface area contributed by atoms with Crippen LogP contribution in [0.2, 0.25) is 0 Å². The van der Waals surface area contributed by atoms with Gasteiger partial charge in [-0.15, -0.1) is 0 Å². The fourth-order valence-corrected chi connectivity index (χ4v) is 1.78. The number of carbonyl (C=O) groups excluding carboxylic acids is 2. The molecule has 0 aromatic heterocycles. The minimum absolute atomic E-state index is 0.186. The molecule has 0 bridgehead atoms. The minimum atomic E-state index is -0.306. The molecule has 0 saturated heterocycles. The molecule has 0 aliphatic rings. The first-order valence-corrected chi connectivity index (χ1v) is 6.27. The normalized spacial score (nSPS) is 9.52. The molecule has 0 atom stereocenters. The molecule has 0 spiro atoms. The van der Waals surface area contributed by atoms with Crippen molar-refractivity contribution < 1.29 is 9.59 Å². The Morgan fingerprint density at radius 1 is 1.00 bits per heavy atom. The SMILES string of the molecule is CNC(=O)c1ccc(NC(=O)c2cccc(C#N)c2)cc1. The van der Waals surface area contributed by atoms with Crippen LogP contribution < -0.4 is 10.6 Å². The summed E-state index contributed by atoms with van der Waals surface area (Å²) in [4.78, 5) is 23.5. The fourth-order valence-electron chi connectivity index (χ4n) is 1.78. The number of amides is 2. The van der Waals surface area contributed by atoms with Gasteiger partial charge in [0.2, 0.25) is 0 Å².